The highest BCUT2D eigenvalue weighted by molar-refractivity contribution is 6.65. The Kier molecular flexibility index (Phi) is 14.0. The lowest BCUT2D eigenvalue weighted by Gasteiger charge is -2.38. The molecular weight excluding hydrogens is 376 g/mol. The standard InChI is InChI=1S/C23H42N2OSi2/c1-7-24(8-2)22(25(9-3)10-4)18-14-15-19-23(28-26-20(5)6)27-21-16-12-11-13-17-21/h11-13,16-17,20,22-23H,7-10,14-15,18-19H2,1-6H3. The third kappa shape index (κ3) is 9.83. The van der Waals surface area contributed by atoms with Gasteiger partial charge >= 0.3 is 0 Å². The van der Waals surface area contributed by atoms with Gasteiger partial charge in [0.15, 0.2) is 0 Å². The van der Waals surface area contributed by atoms with Crippen LogP contribution in [0.15, 0.2) is 30.3 Å². The first-order valence-corrected chi connectivity index (χ1v) is 13.3. The van der Waals surface area contributed by atoms with E-state index in [4.69, 9.17) is 4.43 Å². The number of hydrogen-bond acceptors (Lipinski definition) is 3. The fourth-order valence-electron chi connectivity index (χ4n) is 3.68. The highest BCUT2D eigenvalue weighted by Gasteiger charge is 2.21. The van der Waals surface area contributed by atoms with Gasteiger partial charge in [0.2, 0.25) is 9.76 Å². The van der Waals surface area contributed by atoms with Crippen molar-refractivity contribution in [2.45, 2.75) is 84.7 Å². The normalized spacial score (nSPS) is 13.2. The summed E-state index contributed by atoms with van der Waals surface area (Å²) in [6.45, 7) is 18.0. The second-order valence-corrected chi connectivity index (χ2v) is 10.9. The zero-order valence-corrected chi connectivity index (χ0v) is 21.1. The van der Waals surface area contributed by atoms with Crippen molar-refractivity contribution < 1.29 is 4.43 Å². The van der Waals surface area contributed by atoms with Gasteiger partial charge in [-0.3, -0.25) is 9.80 Å². The molecule has 158 valence electrons. The second kappa shape index (κ2) is 15.4. The molecule has 5 heteroatoms. The molecule has 0 saturated carbocycles. The molecule has 1 aromatic carbocycles. The first-order valence-electron chi connectivity index (χ1n) is 11.3. The molecule has 1 unspecified atom stereocenters. The van der Waals surface area contributed by atoms with Gasteiger partial charge in [-0.1, -0.05) is 82.5 Å². The highest BCUT2D eigenvalue weighted by Crippen LogP contribution is 2.19. The van der Waals surface area contributed by atoms with Crippen LogP contribution in [0.4, 0.5) is 0 Å². The van der Waals surface area contributed by atoms with E-state index in [-0.39, 0.29) is 0 Å². The Hall–Kier alpha value is -0.466. The molecule has 0 amide bonds. The summed E-state index contributed by atoms with van der Waals surface area (Å²) in [7, 11) is 1.48. The Morgan fingerprint density at radius 2 is 1.36 bits per heavy atom. The number of nitrogens with zero attached hydrogens (tertiary/aromatic N) is 2. The van der Waals surface area contributed by atoms with Gasteiger partial charge in [-0.25, -0.2) is 0 Å². The molecule has 0 aliphatic carbocycles. The zero-order chi connectivity index (χ0) is 20.8. The molecule has 1 aromatic rings. The number of benzene rings is 1. The molecule has 3 nitrogen and oxygen atoms in total. The van der Waals surface area contributed by atoms with E-state index >= 15 is 0 Å². The summed E-state index contributed by atoms with van der Waals surface area (Å²) in [6.07, 6.45) is 6.09. The quantitative estimate of drug-likeness (QED) is 0.225. The van der Waals surface area contributed by atoms with E-state index in [1.807, 2.05) is 0 Å². The maximum atomic E-state index is 6.02. The lowest BCUT2D eigenvalue weighted by molar-refractivity contribution is 0.0482. The zero-order valence-electron chi connectivity index (χ0n) is 19.1. The average molecular weight is 419 g/mol. The minimum Gasteiger partial charge on any atom is -0.415 e. The van der Waals surface area contributed by atoms with Crippen LogP contribution in [0.5, 0.6) is 0 Å². The Labute approximate surface area is 180 Å². The Morgan fingerprint density at radius 1 is 0.821 bits per heavy atom. The van der Waals surface area contributed by atoms with Crippen LogP contribution in [0.3, 0.4) is 0 Å². The molecule has 4 radical (unpaired) electrons. The van der Waals surface area contributed by atoms with Crippen molar-refractivity contribution in [1.82, 2.24) is 9.80 Å². The molecule has 0 saturated heterocycles. The summed E-state index contributed by atoms with van der Waals surface area (Å²) >= 11 is 0. The van der Waals surface area contributed by atoms with E-state index in [0.29, 0.717) is 27.2 Å². The molecule has 0 aliphatic heterocycles. The smallest absolute Gasteiger partial charge is 0.230 e. The third-order valence-electron chi connectivity index (χ3n) is 5.23. The molecule has 0 bridgehead atoms. The van der Waals surface area contributed by atoms with Gasteiger partial charge < -0.3 is 4.43 Å². The van der Waals surface area contributed by atoms with Crippen LogP contribution in [0.2, 0.25) is 5.16 Å². The molecule has 0 N–H and O–H groups in total. The molecule has 0 aromatic heterocycles. The van der Waals surface area contributed by atoms with Crippen LogP contribution in [-0.4, -0.2) is 67.5 Å². The summed E-state index contributed by atoms with van der Waals surface area (Å²) in [5.41, 5.74) is 0. The molecule has 0 fully saturated rings. The topological polar surface area (TPSA) is 15.7 Å². The lowest BCUT2D eigenvalue weighted by Crippen LogP contribution is -2.48. The summed E-state index contributed by atoms with van der Waals surface area (Å²) in [5.74, 6) is 0. The van der Waals surface area contributed by atoms with Crippen molar-refractivity contribution in [2.24, 2.45) is 0 Å². The first-order chi connectivity index (χ1) is 13.5. The molecular formula is C23H42N2OSi2. The van der Waals surface area contributed by atoms with Crippen molar-refractivity contribution in [2.75, 3.05) is 26.2 Å². The van der Waals surface area contributed by atoms with Crippen molar-refractivity contribution in [1.29, 1.82) is 0 Å². The van der Waals surface area contributed by atoms with Gasteiger partial charge in [-0.05, 0) is 51.6 Å². The summed E-state index contributed by atoms with van der Waals surface area (Å²) in [4.78, 5) is 5.25. The first kappa shape index (κ1) is 25.6. The van der Waals surface area contributed by atoms with Crippen LogP contribution in [0, 0.1) is 0 Å². The molecule has 28 heavy (non-hydrogen) atoms. The maximum absolute atomic E-state index is 6.02. The second-order valence-electron chi connectivity index (χ2n) is 7.55. The summed E-state index contributed by atoms with van der Waals surface area (Å²) in [6, 6.07) is 11.0. The van der Waals surface area contributed by atoms with Gasteiger partial charge in [0.05, 0.1) is 15.7 Å². The van der Waals surface area contributed by atoms with Gasteiger partial charge in [0, 0.05) is 6.10 Å². The van der Waals surface area contributed by atoms with Crippen LogP contribution in [0.1, 0.15) is 67.2 Å². The Bertz CT molecular complexity index is 467. The van der Waals surface area contributed by atoms with E-state index in [1.165, 1.54) is 30.9 Å². The van der Waals surface area contributed by atoms with E-state index in [1.54, 1.807) is 0 Å². The number of unbranched alkanes of at least 4 members (excludes halogenated alkanes) is 1. The molecule has 0 aliphatic rings. The fraction of sp³-hybridized carbons (Fsp3) is 0.739. The van der Waals surface area contributed by atoms with Crippen molar-refractivity contribution in [3.05, 3.63) is 30.3 Å². The predicted molar refractivity (Wildman–Crippen MR) is 126 cm³/mol. The monoisotopic (exact) mass is 418 g/mol. The largest absolute Gasteiger partial charge is 0.415 e. The average Bonchev–Trinajstić information content (AvgIpc) is 2.71. The molecule has 1 rings (SSSR count). The van der Waals surface area contributed by atoms with E-state index < -0.39 is 0 Å². The summed E-state index contributed by atoms with van der Waals surface area (Å²) in [5, 5.41) is 2.14. The van der Waals surface area contributed by atoms with Gasteiger partial charge in [0.25, 0.3) is 0 Å². The highest BCUT2D eigenvalue weighted by atomic mass is 28.3. The van der Waals surface area contributed by atoms with Gasteiger partial charge in [-0.15, -0.1) is 0 Å². The molecule has 0 spiro atoms. The Balaban J connectivity index is 2.57. The fourth-order valence-corrected chi connectivity index (χ4v) is 6.51. The summed E-state index contributed by atoms with van der Waals surface area (Å²) < 4.78 is 6.02. The van der Waals surface area contributed by atoms with Crippen LogP contribution >= 0.6 is 0 Å². The van der Waals surface area contributed by atoms with Gasteiger partial charge in [0.1, 0.15) is 0 Å². The minimum atomic E-state index is 0.330. The SMILES string of the molecule is CCN(CC)C(CCCCC([Si]OC(C)C)[Si]c1ccccc1)N(CC)CC. The number of rotatable bonds is 16. The van der Waals surface area contributed by atoms with Crippen molar-refractivity contribution >= 4 is 24.5 Å². The minimum absolute atomic E-state index is 0.330. The molecule has 1 atom stereocenters. The van der Waals surface area contributed by atoms with Crippen LogP contribution in [0.25, 0.3) is 0 Å². The lowest BCUT2D eigenvalue weighted by atomic mass is 10.1. The van der Waals surface area contributed by atoms with E-state index in [2.05, 4.69) is 81.7 Å². The van der Waals surface area contributed by atoms with Crippen molar-refractivity contribution in [3.63, 3.8) is 0 Å². The molecule has 0 heterocycles. The van der Waals surface area contributed by atoms with Gasteiger partial charge in [-0.2, -0.15) is 0 Å². The predicted octanol–water partition coefficient (Wildman–Crippen LogP) is 4.38. The third-order valence-corrected chi connectivity index (χ3v) is 8.50. The van der Waals surface area contributed by atoms with E-state index in [0.717, 1.165) is 35.7 Å². The maximum Gasteiger partial charge on any atom is 0.230 e. The number of hydrogen-bond donors (Lipinski definition) is 0. The van der Waals surface area contributed by atoms with Crippen LogP contribution < -0.4 is 5.19 Å². The van der Waals surface area contributed by atoms with Crippen LogP contribution in [-0.2, 0) is 4.43 Å². The Morgan fingerprint density at radius 3 is 1.86 bits per heavy atom. The van der Waals surface area contributed by atoms with Crippen molar-refractivity contribution in [3.8, 4) is 0 Å². The van der Waals surface area contributed by atoms with E-state index in [9.17, 15) is 0 Å².